The number of aryl methyl sites for hydroxylation is 1. The van der Waals surface area contributed by atoms with Crippen molar-refractivity contribution in [3.8, 4) is 0 Å². The Kier molecular flexibility index (Phi) is 3.44. The van der Waals surface area contributed by atoms with Crippen LogP contribution in [0.25, 0.3) is 0 Å². The van der Waals surface area contributed by atoms with Crippen molar-refractivity contribution in [2.24, 2.45) is 0 Å². The fourth-order valence-electron chi connectivity index (χ4n) is 2.94. The van der Waals surface area contributed by atoms with E-state index in [1.165, 1.54) is 0 Å². The molecular formula is C16H16N2O4. The third-order valence-electron chi connectivity index (χ3n) is 3.94. The number of nitrogens with zero attached hydrogens (tertiary/aromatic N) is 2. The first-order valence-electron chi connectivity index (χ1n) is 7.07. The van der Waals surface area contributed by atoms with Gasteiger partial charge in [-0.05, 0) is 31.9 Å². The zero-order valence-corrected chi connectivity index (χ0v) is 12.3. The molecule has 3 rings (SSSR count). The van der Waals surface area contributed by atoms with Crippen LogP contribution in [0.5, 0.6) is 0 Å². The maximum Gasteiger partial charge on any atom is 0.311 e. The molecule has 2 aromatic rings. The van der Waals surface area contributed by atoms with Crippen LogP contribution in [0.2, 0.25) is 0 Å². The van der Waals surface area contributed by atoms with Crippen LogP contribution >= 0.6 is 0 Å². The van der Waals surface area contributed by atoms with E-state index < -0.39 is 11.9 Å². The molecule has 0 spiro atoms. The van der Waals surface area contributed by atoms with E-state index in [1.54, 1.807) is 42.2 Å². The second-order valence-electron chi connectivity index (χ2n) is 5.54. The number of para-hydroxylation sites is 1. The molecule has 1 unspecified atom stereocenters. The highest BCUT2D eigenvalue weighted by Crippen LogP contribution is 2.39. The van der Waals surface area contributed by atoms with Gasteiger partial charge < -0.3 is 14.5 Å². The number of benzene rings is 1. The maximum absolute atomic E-state index is 12.7. The predicted octanol–water partition coefficient (Wildman–Crippen LogP) is 2.59. The van der Waals surface area contributed by atoms with Crippen LogP contribution in [0.3, 0.4) is 0 Å². The Bertz CT molecular complexity index is 737. The number of hydrogen-bond acceptors (Lipinski definition) is 4. The monoisotopic (exact) mass is 300 g/mol. The Morgan fingerprint density at radius 3 is 2.73 bits per heavy atom. The van der Waals surface area contributed by atoms with Crippen LogP contribution in [-0.2, 0) is 4.79 Å². The molecule has 0 radical (unpaired) electrons. The lowest BCUT2D eigenvalue weighted by Crippen LogP contribution is -2.44. The molecule has 114 valence electrons. The summed E-state index contributed by atoms with van der Waals surface area (Å²) in [5.41, 5.74) is 1.90. The summed E-state index contributed by atoms with van der Waals surface area (Å²) in [6.07, 6.45) is 0.366. The second-order valence-corrected chi connectivity index (χ2v) is 5.54. The molecule has 1 aliphatic rings. The van der Waals surface area contributed by atoms with Crippen molar-refractivity contribution in [2.45, 2.75) is 32.2 Å². The number of rotatable bonds is 2. The van der Waals surface area contributed by atoms with Crippen molar-refractivity contribution in [3.63, 3.8) is 0 Å². The predicted molar refractivity (Wildman–Crippen MR) is 78.9 cm³/mol. The van der Waals surface area contributed by atoms with Crippen LogP contribution in [0.1, 0.15) is 41.1 Å². The summed E-state index contributed by atoms with van der Waals surface area (Å²) in [4.78, 5) is 25.8. The molecular weight excluding hydrogens is 284 g/mol. The molecule has 2 heterocycles. The van der Waals surface area contributed by atoms with Crippen LogP contribution in [-0.4, -0.2) is 28.2 Å². The van der Waals surface area contributed by atoms with Crippen LogP contribution in [0, 0.1) is 6.92 Å². The number of aromatic nitrogens is 1. The summed E-state index contributed by atoms with van der Waals surface area (Å²) in [7, 11) is 0. The fourth-order valence-corrected chi connectivity index (χ4v) is 2.94. The highest BCUT2D eigenvalue weighted by molar-refractivity contribution is 6.06. The molecule has 0 aliphatic carbocycles. The Morgan fingerprint density at radius 1 is 1.36 bits per heavy atom. The largest absolute Gasteiger partial charge is 0.481 e. The average molecular weight is 300 g/mol. The van der Waals surface area contributed by atoms with Gasteiger partial charge in [0, 0.05) is 17.8 Å². The van der Waals surface area contributed by atoms with Gasteiger partial charge in [-0.3, -0.25) is 9.59 Å². The van der Waals surface area contributed by atoms with Gasteiger partial charge in [0.15, 0.2) is 0 Å². The molecule has 1 aliphatic heterocycles. The van der Waals surface area contributed by atoms with Crippen molar-refractivity contribution >= 4 is 17.6 Å². The first-order chi connectivity index (χ1) is 10.5. The summed E-state index contributed by atoms with van der Waals surface area (Å²) in [5.74, 6) is -1.62. The van der Waals surface area contributed by atoms with Gasteiger partial charge in [0.1, 0.15) is 0 Å². The third-order valence-corrected chi connectivity index (χ3v) is 3.94. The molecule has 22 heavy (non-hydrogen) atoms. The van der Waals surface area contributed by atoms with Crippen molar-refractivity contribution < 1.29 is 19.2 Å². The molecule has 6 heteroatoms. The molecule has 1 N–H and O–H groups in total. The number of carbonyl (C=O) groups excluding carboxylic acids is 1. The molecule has 6 nitrogen and oxygen atoms in total. The van der Waals surface area contributed by atoms with Crippen molar-refractivity contribution in [2.75, 3.05) is 4.90 Å². The third kappa shape index (κ3) is 2.26. The van der Waals surface area contributed by atoms with Crippen molar-refractivity contribution in [3.05, 3.63) is 47.3 Å². The molecule has 0 saturated heterocycles. The van der Waals surface area contributed by atoms with E-state index in [9.17, 15) is 14.7 Å². The zero-order valence-electron chi connectivity index (χ0n) is 12.3. The van der Waals surface area contributed by atoms with Gasteiger partial charge >= 0.3 is 5.97 Å². The first-order valence-corrected chi connectivity index (χ1v) is 7.07. The summed E-state index contributed by atoms with van der Waals surface area (Å²) in [5, 5.41) is 13.2. The van der Waals surface area contributed by atoms with Gasteiger partial charge in [-0.1, -0.05) is 23.4 Å². The highest BCUT2D eigenvalue weighted by Gasteiger charge is 2.38. The van der Waals surface area contributed by atoms with Gasteiger partial charge in [0.25, 0.3) is 5.91 Å². The average Bonchev–Trinajstić information content (AvgIpc) is 2.92. The SMILES string of the molecule is Cc1cc(C(=O)N2c3ccccc3C(C(=O)O)C[C@@H]2C)on1. The quantitative estimate of drug-likeness (QED) is 0.921. The zero-order chi connectivity index (χ0) is 15.9. The number of fused-ring (bicyclic) bond motifs is 1. The minimum atomic E-state index is -0.873. The standard InChI is InChI=1S/C16H16N2O4/c1-9-7-14(22-17-9)15(19)18-10(2)8-12(16(20)21)11-5-3-4-6-13(11)18/h3-7,10,12H,8H2,1-2H3,(H,20,21)/t10-,12?/m0/s1. The van der Waals surface area contributed by atoms with Gasteiger partial charge in [0.05, 0.1) is 11.6 Å². The van der Waals surface area contributed by atoms with Gasteiger partial charge in [-0.25, -0.2) is 0 Å². The minimum Gasteiger partial charge on any atom is -0.481 e. The fraction of sp³-hybridized carbons (Fsp3) is 0.312. The molecule has 1 aromatic carbocycles. The molecule has 1 amide bonds. The summed E-state index contributed by atoms with van der Waals surface area (Å²) in [6.45, 7) is 3.58. The maximum atomic E-state index is 12.7. The topological polar surface area (TPSA) is 83.6 Å². The minimum absolute atomic E-state index is 0.160. The van der Waals surface area contributed by atoms with E-state index >= 15 is 0 Å². The molecule has 2 atom stereocenters. The Labute approximate surface area is 127 Å². The summed E-state index contributed by atoms with van der Waals surface area (Å²) < 4.78 is 5.06. The summed E-state index contributed by atoms with van der Waals surface area (Å²) in [6, 6.07) is 8.44. The van der Waals surface area contributed by atoms with E-state index in [-0.39, 0.29) is 17.7 Å². The van der Waals surface area contributed by atoms with Crippen LogP contribution in [0.15, 0.2) is 34.9 Å². The van der Waals surface area contributed by atoms with Gasteiger partial charge in [0.2, 0.25) is 5.76 Å². The molecule has 0 bridgehead atoms. The van der Waals surface area contributed by atoms with Gasteiger partial charge in [-0.15, -0.1) is 0 Å². The lowest BCUT2D eigenvalue weighted by Gasteiger charge is -2.37. The number of anilines is 1. The van der Waals surface area contributed by atoms with E-state index in [0.717, 1.165) is 0 Å². The highest BCUT2D eigenvalue weighted by atomic mass is 16.5. The molecule has 0 saturated carbocycles. The first kappa shape index (κ1) is 14.3. The number of hydrogen-bond donors (Lipinski definition) is 1. The summed E-state index contributed by atoms with van der Waals surface area (Å²) >= 11 is 0. The number of carboxylic acid groups (broad SMARTS) is 1. The number of carboxylic acids is 1. The molecule has 0 fully saturated rings. The number of carbonyl (C=O) groups is 2. The van der Waals surface area contributed by atoms with Crippen molar-refractivity contribution in [1.82, 2.24) is 5.16 Å². The number of amides is 1. The van der Waals surface area contributed by atoms with E-state index in [2.05, 4.69) is 5.16 Å². The van der Waals surface area contributed by atoms with E-state index in [4.69, 9.17) is 4.52 Å². The normalized spacial score (nSPS) is 20.5. The van der Waals surface area contributed by atoms with E-state index in [0.29, 0.717) is 23.4 Å². The van der Waals surface area contributed by atoms with Gasteiger partial charge in [-0.2, -0.15) is 0 Å². The second kappa shape index (κ2) is 5.29. The Hall–Kier alpha value is -2.63. The Balaban J connectivity index is 2.06. The lowest BCUT2D eigenvalue weighted by molar-refractivity contribution is -0.139. The van der Waals surface area contributed by atoms with E-state index in [1.807, 2.05) is 6.92 Å². The lowest BCUT2D eigenvalue weighted by atomic mass is 9.86. The Morgan fingerprint density at radius 2 is 2.09 bits per heavy atom. The number of aliphatic carboxylic acids is 1. The van der Waals surface area contributed by atoms with Crippen LogP contribution in [0.4, 0.5) is 5.69 Å². The molecule has 1 aromatic heterocycles. The smallest absolute Gasteiger partial charge is 0.311 e. The van der Waals surface area contributed by atoms with Crippen LogP contribution < -0.4 is 4.90 Å². The van der Waals surface area contributed by atoms with Crippen molar-refractivity contribution in [1.29, 1.82) is 0 Å².